The van der Waals surface area contributed by atoms with Gasteiger partial charge in [-0.3, -0.25) is 14.9 Å². The van der Waals surface area contributed by atoms with Gasteiger partial charge in [-0.1, -0.05) is 0 Å². The molecule has 2 unspecified atom stereocenters. The summed E-state index contributed by atoms with van der Waals surface area (Å²) in [5.74, 6) is 0.657. The van der Waals surface area contributed by atoms with E-state index in [0.29, 0.717) is 50.9 Å². The molecule has 1 amide bonds. The molecule has 2 aliphatic rings. The average Bonchev–Trinajstić information content (AvgIpc) is 2.60. The van der Waals surface area contributed by atoms with E-state index in [4.69, 9.17) is 4.74 Å². The van der Waals surface area contributed by atoms with Crippen molar-refractivity contribution in [2.75, 3.05) is 49.1 Å². The van der Waals surface area contributed by atoms with Crippen molar-refractivity contribution in [3.05, 3.63) is 16.4 Å². The minimum Gasteiger partial charge on any atom is -0.372 e. The van der Waals surface area contributed by atoms with E-state index in [9.17, 15) is 14.9 Å². The van der Waals surface area contributed by atoms with Crippen molar-refractivity contribution in [2.45, 2.75) is 33.0 Å². The first-order valence-electron chi connectivity index (χ1n) is 8.77. The fourth-order valence-electron chi connectivity index (χ4n) is 3.57. The third-order valence-electron chi connectivity index (χ3n) is 4.71. The zero-order valence-electron chi connectivity index (χ0n) is 15.3. The molecule has 0 aliphatic carbocycles. The van der Waals surface area contributed by atoms with Gasteiger partial charge in [0.05, 0.1) is 17.1 Å². The standard InChI is InChI=1S/C16H24N6O4/c1-11-8-21(9-12(2)26-11)16-14(22(24)25)15(17-10-18-16)20-6-4-19(5-7-20)13(3)23/h10-12H,4-9H2,1-3H3. The zero-order chi connectivity index (χ0) is 18.8. The molecule has 3 heterocycles. The van der Waals surface area contributed by atoms with E-state index >= 15 is 0 Å². The number of carbonyl (C=O) groups is 1. The highest BCUT2D eigenvalue weighted by molar-refractivity contribution is 5.74. The van der Waals surface area contributed by atoms with E-state index in [1.807, 2.05) is 23.6 Å². The number of nitro groups is 1. The first-order chi connectivity index (χ1) is 12.4. The van der Waals surface area contributed by atoms with Crippen molar-refractivity contribution in [3.63, 3.8) is 0 Å². The van der Waals surface area contributed by atoms with Gasteiger partial charge < -0.3 is 19.4 Å². The van der Waals surface area contributed by atoms with Crippen LogP contribution in [0.3, 0.4) is 0 Å². The third-order valence-corrected chi connectivity index (χ3v) is 4.71. The normalized spacial score (nSPS) is 23.9. The second kappa shape index (κ2) is 7.40. The monoisotopic (exact) mass is 364 g/mol. The maximum atomic E-state index is 11.8. The Morgan fingerprint density at radius 2 is 1.65 bits per heavy atom. The number of nitrogens with zero attached hydrogens (tertiary/aromatic N) is 6. The summed E-state index contributed by atoms with van der Waals surface area (Å²) in [6, 6.07) is 0. The molecule has 0 N–H and O–H groups in total. The summed E-state index contributed by atoms with van der Waals surface area (Å²) in [6.45, 7) is 8.56. The predicted molar refractivity (Wildman–Crippen MR) is 95.4 cm³/mol. The number of morpholine rings is 1. The summed E-state index contributed by atoms with van der Waals surface area (Å²) in [7, 11) is 0. The molecular formula is C16H24N6O4. The second-order valence-electron chi connectivity index (χ2n) is 6.78. The summed E-state index contributed by atoms with van der Waals surface area (Å²) in [4.78, 5) is 36.8. The molecule has 0 aromatic carbocycles. The number of amides is 1. The third kappa shape index (κ3) is 3.69. The molecule has 2 saturated heterocycles. The molecule has 0 saturated carbocycles. The van der Waals surface area contributed by atoms with Crippen LogP contribution in [0.4, 0.5) is 17.3 Å². The SMILES string of the molecule is CC(=O)N1CCN(c2ncnc(N3CC(C)OC(C)C3)c2[N+](=O)[O-])CC1. The summed E-state index contributed by atoms with van der Waals surface area (Å²) in [5, 5.41) is 11.8. The average molecular weight is 364 g/mol. The number of piperazine rings is 1. The number of hydrogen-bond donors (Lipinski definition) is 0. The van der Waals surface area contributed by atoms with Crippen LogP contribution < -0.4 is 9.80 Å². The number of ether oxygens (including phenoxy) is 1. The molecule has 1 aromatic rings. The van der Waals surface area contributed by atoms with Crippen molar-refractivity contribution < 1.29 is 14.5 Å². The molecule has 1 aromatic heterocycles. The van der Waals surface area contributed by atoms with Crippen molar-refractivity contribution in [2.24, 2.45) is 0 Å². The van der Waals surface area contributed by atoms with Gasteiger partial charge in [0, 0.05) is 46.2 Å². The second-order valence-corrected chi connectivity index (χ2v) is 6.78. The van der Waals surface area contributed by atoms with Gasteiger partial charge in [0.2, 0.25) is 17.5 Å². The van der Waals surface area contributed by atoms with Crippen LogP contribution in [-0.2, 0) is 9.53 Å². The highest BCUT2D eigenvalue weighted by Crippen LogP contribution is 2.35. The lowest BCUT2D eigenvalue weighted by atomic mass is 10.2. The van der Waals surface area contributed by atoms with Crippen LogP contribution in [0.5, 0.6) is 0 Å². The zero-order valence-corrected chi connectivity index (χ0v) is 15.3. The minimum absolute atomic E-state index is 0.0128. The fourth-order valence-corrected chi connectivity index (χ4v) is 3.57. The van der Waals surface area contributed by atoms with Crippen LogP contribution in [0.1, 0.15) is 20.8 Å². The Balaban J connectivity index is 1.90. The molecule has 2 atom stereocenters. The number of hydrogen-bond acceptors (Lipinski definition) is 8. The number of carbonyl (C=O) groups excluding carboxylic acids is 1. The summed E-state index contributed by atoms with van der Waals surface area (Å²) in [5.41, 5.74) is -0.0786. The van der Waals surface area contributed by atoms with E-state index < -0.39 is 4.92 Å². The van der Waals surface area contributed by atoms with E-state index in [0.717, 1.165) is 0 Å². The summed E-state index contributed by atoms with van der Waals surface area (Å²) in [6.07, 6.45) is 1.31. The lowest BCUT2D eigenvalue weighted by Gasteiger charge is -2.37. The van der Waals surface area contributed by atoms with E-state index in [2.05, 4.69) is 9.97 Å². The molecule has 0 radical (unpaired) electrons. The van der Waals surface area contributed by atoms with Gasteiger partial charge in [0.25, 0.3) is 0 Å². The lowest BCUT2D eigenvalue weighted by Crippen LogP contribution is -2.49. The van der Waals surface area contributed by atoms with Gasteiger partial charge in [-0.15, -0.1) is 0 Å². The fraction of sp³-hybridized carbons (Fsp3) is 0.688. The van der Waals surface area contributed by atoms with Crippen LogP contribution in [-0.4, -0.2) is 77.2 Å². The number of aromatic nitrogens is 2. The molecule has 10 nitrogen and oxygen atoms in total. The Bertz CT molecular complexity index is 681. The largest absolute Gasteiger partial charge is 0.372 e. The Labute approximate surface area is 151 Å². The van der Waals surface area contributed by atoms with Gasteiger partial charge in [-0.25, -0.2) is 9.97 Å². The maximum absolute atomic E-state index is 11.8. The number of rotatable bonds is 3. The lowest BCUT2D eigenvalue weighted by molar-refractivity contribution is -0.383. The molecule has 2 aliphatic heterocycles. The molecule has 0 bridgehead atoms. The molecule has 0 spiro atoms. The highest BCUT2D eigenvalue weighted by Gasteiger charge is 2.34. The van der Waals surface area contributed by atoms with E-state index in [1.54, 1.807) is 4.90 Å². The van der Waals surface area contributed by atoms with Gasteiger partial charge in [-0.2, -0.15) is 0 Å². The molecule has 26 heavy (non-hydrogen) atoms. The van der Waals surface area contributed by atoms with Crippen molar-refractivity contribution in [3.8, 4) is 0 Å². The van der Waals surface area contributed by atoms with Crippen molar-refractivity contribution in [1.82, 2.24) is 14.9 Å². The minimum atomic E-state index is -0.410. The van der Waals surface area contributed by atoms with Crippen molar-refractivity contribution in [1.29, 1.82) is 0 Å². The van der Waals surface area contributed by atoms with Gasteiger partial charge >= 0.3 is 5.69 Å². The van der Waals surface area contributed by atoms with E-state index in [-0.39, 0.29) is 23.8 Å². The Hall–Kier alpha value is -2.49. The molecule has 2 fully saturated rings. The molecule has 3 rings (SSSR count). The topological polar surface area (TPSA) is 105 Å². The molecular weight excluding hydrogens is 340 g/mol. The summed E-state index contributed by atoms with van der Waals surface area (Å²) < 4.78 is 5.72. The molecule has 142 valence electrons. The van der Waals surface area contributed by atoms with E-state index in [1.165, 1.54) is 13.3 Å². The van der Waals surface area contributed by atoms with Crippen LogP contribution in [0.15, 0.2) is 6.33 Å². The number of anilines is 2. The Morgan fingerprint density at radius 1 is 1.12 bits per heavy atom. The first kappa shape index (κ1) is 18.3. The quantitative estimate of drug-likeness (QED) is 0.569. The van der Waals surface area contributed by atoms with Crippen LogP contribution in [0.2, 0.25) is 0 Å². The van der Waals surface area contributed by atoms with Gasteiger partial charge in [0.1, 0.15) is 6.33 Å². The molecule has 10 heteroatoms. The Kier molecular flexibility index (Phi) is 5.21. The first-order valence-corrected chi connectivity index (χ1v) is 8.77. The van der Waals surface area contributed by atoms with Crippen LogP contribution in [0.25, 0.3) is 0 Å². The Morgan fingerprint density at radius 3 is 2.15 bits per heavy atom. The highest BCUT2D eigenvalue weighted by atomic mass is 16.6. The smallest absolute Gasteiger partial charge is 0.353 e. The van der Waals surface area contributed by atoms with Crippen LogP contribution in [0, 0.1) is 10.1 Å². The summed E-state index contributed by atoms with van der Waals surface area (Å²) >= 11 is 0. The van der Waals surface area contributed by atoms with Crippen molar-refractivity contribution >= 4 is 23.2 Å². The van der Waals surface area contributed by atoms with Crippen LogP contribution >= 0.6 is 0 Å². The van der Waals surface area contributed by atoms with Gasteiger partial charge in [0.15, 0.2) is 0 Å². The maximum Gasteiger partial charge on any atom is 0.353 e. The van der Waals surface area contributed by atoms with Gasteiger partial charge in [-0.05, 0) is 13.8 Å². The predicted octanol–water partition coefficient (Wildman–Crippen LogP) is 0.667.